The zero-order valence-electron chi connectivity index (χ0n) is 11.7. The van der Waals surface area contributed by atoms with Gasteiger partial charge in [0.25, 0.3) is 0 Å². The molecule has 1 aliphatic rings. The molecule has 1 saturated heterocycles. The van der Waals surface area contributed by atoms with Crippen LogP contribution in [0.3, 0.4) is 0 Å². The van der Waals surface area contributed by atoms with Crippen molar-refractivity contribution in [3.05, 3.63) is 64.7 Å². The molecule has 5 heteroatoms. The predicted octanol–water partition coefficient (Wildman–Crippen LogP) is 3.78. The molecule has 0 N–H and O–H groups in total. The Kier molecular flexibility index (Phi) is 3.78. The lowest BCUT2D eigenvalue weighted by Gasteiger charge is -2.40. The van der Waals surface area contributed by atoms with Gasteiger partial charge in [-0.3, -0.25) is 0 Å². The summed E-state index contributed by atoms with van der Waals surface area (Å²) in [5.74, 6) is 0. The SMILES string of the molecule is Cc1ccc(S(=O)(=O)N2CCC2c2ccccc2Cl)cc1. The highest BCUT2D eigenvalue weighted by atomic mass is 35.5. The Bertz CT molecular complexity index is 756. The molecule has 0 amide bonds. The third-order valence-corrected chi connectivity index (χ3v) is 6.13. The minimum absolute atomic E-state index is 0.162. The molecule has 0 saturated carbocycles. The first kappa shape index (κ1) is 14.6. The van der Waals surface area contributed by atoms with E-state index in [2.05, 4.69) is 0 Å². The molecule has 2 aromatic rings. The second-order valence-corrected chi connectivity index (χ2v) is 7.55. The average molecular weight is 322 g/mol. The molecule has 0 bridgehead atoms. The van der Waals surface area contributed by atoms with Crippen molar-refractivity contribution in [2.75, 3.05) is 6.54 Å². The number of nitrogens with zero attached hydrogens (tertiary/aromatic N) is 1. The molecule has 1 fully saturated rings. The maximum Gasteiger partial charge on any atom is 0.243 e. The van der Waals surface area contributed by atoms with Crippen LogP contribution in [0.15, 0.2) is 53.4 Å². The Morgan fingerprint density at radius 1 is 1.10 bits per heavy atom. The van der Waals surface area contributed by atoms with Crippen LogP contribution in [-0.4, -0.2) is 19.3 Å². The molecule has 3 nitrogen and oxygen atoms in total. The molecule has 1 atom stereocenters. The van der Waals surface area contributed by atoms with Gasteiger partial charge in [-0.15, -0.1) is 0 Å². The van der Waals surface area contributed by atoms with Crippen LogP contribution < -0.4 is 0 Å². The number of benzene rings is 2. The fourth-order valence-electron chi connectivity index (χ4n) is 2.55. The summed E-state index contributed by atoms with van der Waals surface area (Å²) in [6, 6.07) is 14.2. The lowest BCUT2D eigenvalue weighted by molar-refractivity contribution is 0.202. The molecule has 0 spiro atoms. The van der Waals surface area contributed by atoms with Crippen LogP contribution >= 0.6 is 11.6 Å². The van der Waals surface area contributed by atoms with Crippen molar-refractivity contribution in [1.82, 2.24) is 4.31 Å². The van der Waals surface area contributed by atoms with Crippen molar-refractivity contribution in [2.45, 2.75) is 24.3 Å². The van der Waals surface area contributed by atoms with Gasteiger partial charge in [-0.2, -0.15) is 4.31 Å². The summed E-state index contributed by atoms with van der Waals surface area (Å²) < 4.78 is 26.9. The monoisotopic (exact) mass is 321 g/mol. The highest BCUT2D eigenvalue weighted by Gasteiger charge is 2.40. The Balaban J connectivity index is 1.94. The van der Waals surface area contributed by atoms with E-state index in [1.54, 1.807) is 18.2 Å². The Labute approximate surface area is 130 Å². The van der Waals surface area contributed by atoms with Gasteiger partial charge in [0.2, 0.25) is 10.0 Å². The first-order valence-electron chi connectivity index (χ1n) is 6.83. The van der Waals surface area contributed by atoms with Gasteiger partial charge in [0.1, 0.15) is 0 Å². The lowest BCUT2D eigenvalue weighted by atomic mass is 9.98. The Hall–Kier alpha value is -1.36. The second kappa shape index (κ2) is 5.44. The summed E-state index contributed by atoms with van der Waals surface area (Å²) in [5, 5.41) is 0.617. The molecule has 21 heavy (non-hydrogen) atoms. The molecule has 110 valence electrons. The topological polar surface area (TPSA) is 37.4 Å². The molecule has 0 aromatic heterocycles. The number of hydrogen-bond donors (Lipinski definition) is 0. The van der Waals surface area contributed by atoms with Crippen molar-refractivity contribution in [3.8, 4) is 0 Å². The lowest BCUT2D eigenvalue weighted by Crippen LogP contribution is -2.45. The minimum Gasteiger partial charge on any atom is -0.207 e. The summed E-state index contributed by atoms with van der Waals surface area (Å²) >= 11 is 6.19. The number of aryl methyl sites for hydroxylation is 1. The normalized spacial score (nSPS) is 19.2. The fraction of sp³-hybridized carbons (Fsp3) is 0.250. The van der Waals surface area contributed by atoms with Crippen molar-refractivity contribution < 1.29 is 8.42 Å². The van der Waals surface area contributed by atoms with Crippen LogP contribution in [-0.2, 0) is 10.0 Å². The highest BCUT2D eigenvalue weighted by Crippen LogP contribution is 2.40. The maximum absolute atomic E-state index is 12.7. The van der Waals surface area contributed by atoms with Gasteiger partial charge < -0.3 is 0 Å². The van der Waals surface area contributed by atoms with Crippen molar-refractivity contribution in [2.24, 2.45) is 0 Å². The van der Waals surface area contributed by atoms with Gasteiger partial charge in [0.15, 0.2) is 0 Å². The number of hydrogen-bond acceptors (Lipinski definition) is 2. The van der Waals surface area contributed by atoms with Gasteiger partial charge in [0.05, 0.1) is 10.9 Å². The van der Waals surface area contributed by atoms with Crippen molar-refractivity contribution >= 4 is 21.6 Å². The molecular formula is C16H16ClNO2S. The van der Waals surface area contributed by atoms with E-state index in [0.717, 1.165) is 17.5 Å². The first-order valence-corrected chi connectivity index (χ1v) is 8.65. The summed E-state index contributed by atoms with van der Waals surface area (Å²) in [6.45, 7) is 2.47. The molecule has 3 rings (SSSR count). The third-order valence-electron chi connectivity index (χ3n) is 3.86. The van der Waals surface area contributed by atoms with Crippen LogP contribution in [0.1, 0.15) is 23.6 Å². The van der Waals surface area contributed by atoms with Crippen molar-refractivity contribution in [3.63, 3.8) is 0 Å². The number of rotatable bonds is 3. The van der Waals surface area contributed by atoms with Gasteiger partial charge in [-0.1, -0.05) is 47.5 Å². The van der Waals surface area contributed by atoms with Crippen LogP contribution in [0.5, 0.6) is 0 Å². The smallest absolute Gasteiger partial charge is 0.207 e. The van der Waals surface area contributed by atoms with E-state index in [4.69, 9.17) is 11.6 Å². The van der Waals surface area contributed by atoms with E-state index in [1.807, 2.05) is 37.3 Å². The van der Waals surface area contributed by atoms with Gasteiger partial charge in [-0.25, -0.2) is 8.42 Å². The summed E-state index contributed by atoms with van der Waals surface area (Å²) in [6.07, 6.45) is 0.800. The van der Waals surface area contributed by atoms with Crippen LogP contribution in [0.25, 0.3) is 0 Å². The van der Waals surface area contributed by atoms with Crippen molar-refractivity contribution in [1.29, 1.82) is 0 Å². The van der Waals surface area contributed by atoms with E-state index in [9.17, 15) is 8.42 Å². The maximum atomic E-state index is 12.7. The van der Waals surface area contributed by atoms with E-state index in [1.165, 1.54) is 4.31 Å². The van der Waals surface area contributed by atoms with Gasteiger partial charge in [0, 0.05) is 11.6 Å². The first-order chi connectivity index (χ1) is 10.00. The fourth-order valence-corrected chi connectivity index (χ4v) is 4.47. The van der Waals surface area contributed by atoms with E-state index in [0.29, 0.717) is 16.5 Å². The average Bonchev–Trinajstić information content (AvgIpc) is 2.40. The number of halogens is 1. The van der Waals surface area contributed by atoms with Crippen LogP contribution in [0.2, 0.25) is 5.02 Å². The molecule has 2 aromatic carbocycles. The van der Waals surface area contributed by atoms with Crippen LogP contribution in [0.4, 0.5) is 0 Å². The molecule has 1 aliphatic heterocycles. The summed E-state index contributed by atoms with van der Waals surface area (Å²) in [5.41, 5.74) is 1.92. The standard InChI is InChI=1S/C16H16ClNO2S/c1-12-6-8-13(9-7-12)21(19,20)18-11-10-16(18)14-4-2-3-5-15(14)17/h2-9,16H,10-11H2,1H3. The van der Waals surface area contributed by atoms with Crippen LogP contribution in [0, 0.1) is 6.92 Å². The third kappa shape index (κ3) is 2.59. The van der Waals surface area contributed by atoms with Gasteiger partial charge in [-0.05, 0) is 37.1 Å². The molecular weight excluding hydrogens is 306 g/mol. The van der Waals surface area contributed by atoms with E-state index < -0.39 is 10.0 Å². The zero-order chi connectivity index (χ0) is 15.0. The van der Waals surface area contributed by atoms with Gasteiger partial charge >= 0.3 is 0 Å². The summed E-state index contributed by atoms with van der Waals surface area (Å²) in [4.78, 5) is 0.338. The quantitative estimate of drug-likeness (QED) is 0.862. The van der Waals surface area contributed by atoms with E-state index >= 15 is 0 Å². The summed E-state index contributed by atoms with van der Waals surface area (Å²) in [7, 11) is -3.46. The Morgan fingerprint density at radius 2 is 1.76 bits per heavy atom. The molecule has 0 aliphatic carbocycles. The predicted molar refractivity (Wildman–Crippen MR) is 83.9 cm³/mol. The zero-order valence-corrected chi connectivity index (χ0v) is 13.2. The number of sulfonamides is 1. The largest absolute Gasteiger partial charge is 0.243 e. The highest BCUT2D eigenvalue weighted by molar-refractivity contribution is 7.89. The second-order valence-electron chi connectivity index (χ2n) is 5.25. The molecule has 0 radical (unpaired) electrons. The Morgan fingerprint density at radius 3 is 2.33 bits per heavy atom. The molecule has 1 heterocycles. The minimum atomic E-state index is -3.46. The van der Waals surface area contributed by atoms with E-state index in [-0.39, 0.29) is 6.04 Å². The molecule has 1 unspecified atom stereocenters.